The SMILES string of the molecule is CC(C)(C)[S@@](=O)N1Cc2cc(C(=O)NCc3ccc4c(c3)OCO4)nc(-c3cccc(-c4cccc(F)c4)c3)c2[C@H]1CCO. The average Bonchev–Trinajstić information content (AvgIpc) is 3.63. The standard InChI is InChI=1S/C34H34FN3O5S/c1-34(2,3)44(41)38-19-25-17-27(33(40)36-18-21-10-11-29-30(14-21)43-20-42-29)37-32(31(25)28(38)12-13-39)24-8-4-6-22(15-24)23-7-5-9-26(35)16-23/h4-11,14-17,28,39H,12-13,18-20H2,1-3H3,(H,36,40)/t28-,44-/m1/s1. The molecule has 2 N–H and O–H groups in total. The van der Waals surface area contributed by atoms with Gasteiger partial charge in [0.2, 0.25) is 6.79 Å². The summed E-state index contributed by atoms with van der Waals surface area (Å²) < 4.78 is 40.0. The lowest BCUT2D eigenvalue weighted by Gasteiger charge is -2.30. The van der Waals surface area contributed by atoms with Crippen molar-refractivity contribution >= 4 is 16.9 Å². The molecule has 0 saturated heterocycles. The third-order valence-corrected chi connectivity index (χ3v) is 9.56. The zero-order valence-corrected chi connectivity index (χ0v) is 25.6. The summed E-state index contributed by atoms with van der Waals surface area (Å²) in [6.45, 7) is 6.40. The molecule has 2 atom stereocenters. The normalized spacial score (nSPS) is 16.5. The van der Waals surface area contributed by atoms with E-state index in [9.17, 15) is 18.5 Å². The average molecular weight is 616 g/mol. The molecule has 1 amide bonds. The number of aliphatic hydroxyl groups is 1. The van der Waals surface area contributed by atoms with E-state index in [0.29, 0.717) is 35.7 Å². The van der Waals surface area contributed by atoms with Crippen LogP contribution < -0.4 is 14.8 Å². The first-order valence-corrected chi connectivity index (χ1v) is 15.6. The molecule has 3 heterocycles. The van der Waals surface area contributed by atoms with Crippen LogP contribution in [0.1, 0.15) is 60.4 Å². The van der Waals surface area contributed by atoms with Gasteiger partial charge in [-0.15, -0.1) is 0 Å². The van der Waals surface area contributed by atoms with Crippen LogP contribution in [0.25, 0.3) is 22.4 Å². The number of fused-ring (bicyclic) bond motifs is 2. The second-order valence-corrected chi connectivity index (χ2v) is 14.0. The van der Waals surface area contributed by atoms with Gasteiger partial charge in [-0.2, -0.15) is 0 Å². The summed E-state index contributed by atoms with van der Waals surface area (Å²) in [6, 6.07) is 20.9. The number of pyridine rings is 1. The minimum Gasteiger partial charge on any atom is -0.454 e. The molecule has 228 valence electrons. The number of ether oxygens (including phenoxy) is 2. The topological polar surface area (TPSA) is 101 Å². The van der Waals surface area contributed by atoms with E-state index in [0.717, 1.165) is 27.8 Å². The lowest BCUT2D eigenvalue weighted by atomic mass is 9.94. The van der Waals surface area contributed by atoms with Gasteiger partial charge in [0.15, 0.2) is 11.5 Å². The number of hydrogen-bond acceptors (Lipinski definition) is 6. The number of carbonyl (C=O) groups excluding carboxylic acids is 1. The molecule has 0 saturated carbocycles. The Balaban J connectivity index is 1.41. The molecule has 44 heavy (non-hydrogen) atoms. The molecule has 10 heteroatoms. The smallest absolute Gasteiger partial charge is 0.270 e. The minimum absolute atomic E-state index is 0.109. The van der Waals surface area contributed by atoms with Crippen molar-refractivity contribution in [3.8, 4) is 33.9 Å². The number of nitrogens with one attached hydrogen (secondary N) is 1. The lowest BCUT2D eigenvalue weighted by molar-refractivity contribution is 0.0945. The van der Waals surface area contributed by atoms with E-state index < -0.39 is 15.7 Å². The van der Waals surface area contributed by atoms with Crippen LogP contribution in [0.3, 0.4) is 0 Å². The zero-order valence-electron chi connectivity index (χ0n) is 24.8. The highest BCUT2D eigenvalue weighted by atomic mass is 32.2. The highest BCUT2D eigenvalue weighted by Crippen LogP contribution is 2.44. The quantitative estimate of drug-likeness (QED) is 0.256. The monoisotopic (exact) mass is 615 g/mol. The number of hydrogen-bond donors (Lipinski definition) is 2. The molecule has 3 aromatic carbocycles. The van der Waals surface area contributed by atoms with Gasteiger partial charge < -0.3 is 19.9 Å². The first-order chi connectivity index (χ1) is 21.1. The van der Waals surface area contributed by atoms with E-state index in [1.165, 1.54) is 12.1 Å². The van der Waals surface area contributed by atoms with Crippen LogP contribution in [0.2, 0.25) is 0 Å². The number of rotatable bonds is 8. The number of carbonyl (C=O) groups is 1. The van der Waals surface area contributed by atoms with Crippen LogP contribution in [0, 0.1) is 5.82 Å². The Hall–Kier alpha value is -4.12. The lowest BCUT2D eigenvalue weighted by Crippen LogP contribution is -2.36. The number of benzene rings is 3. The summed E-state index contributed by atoms with van der Waals surface area (Å²) in [5.74, 6) is 0.605. The van der Waals surface area contributed by atoms with Crippen molar-refractivity contribution in [2.45, 2.75) is 51.1 Å². The summed E-state index contributed by atoms with van der Waals surface area (Å²) in [4.78, 5) is 18.4. The fourth-order valence-electron chi connectivity index (χ4n) is 5.64. The molecular formula is C34H34FN3O5S. The van der Waals surface area contributed by atoms with Crippen molar-refractivity contribution in [1.82, 2.24) is 14.6 Å². The molecule has 0 spiro atoms. The van der Waals surface area contributed by atoms with Crippen LogP contribution in [0.4, 0.5) is 4.39 Å². The molecule has 0 aliphatic carbocycles. The van der Waals surface area contributed by atoms with Crippen molar-refractivity contribution in [2.24, 2.45) is 0 Å². The maximum Gasteiger partial charge on any atom is 0.270 e. The van der Waals surface area contributed by atoms with Gasteiger partial charge in [-0.25, -0.2) is 17.9 Å². The molecule has 0 unspecified atom stereocenters. The Kier molecular flexibility index (Phi) is 8.24. The van der Waals surface area contributed by atoms with Gasteiger partial charge in [-0.05, 0) is 85.8 Å². The molecule has 4 aromatic rings. The molecule has 6 rings (SSSR count). The molecule has 0 radical (unpaired) electrons. The highest BCUT2D eigenvalue weighted by Gasteiger charge is 2.40. The maximum atomic E-state index is 14.1. The van der Waals surface area contributed by atoms with Gasteiger partial charge in [0.25, 0.3) is 5.91 Å². The van der Waals surface area contributed by atoms with Gasteiger partial charge in [0.1, 0.15) is 22.5 Å². The summed E-state index contributed by atoms with van der Waals surface area (Å²) in [5.41, 5.74) is 5.55. The second kappa shape index (κ2) is 12.1. The Labute approximate surface area is 258 Å². The second-order valence-electron chi connectivity index (χ2n) is 11.9. The third-order valence-electron chi connectivity index (χ3n) is 7.71. The summed E-state index contributed by atoms with van der Waals surface area (Å²) in [5, 5.41) is 13.0. The van der Waals surface area contributed by atoms with Crippen LogP contribution in [0.5, 0.6) is 11.5 Å². The Morgan fingerprint density at radius 3 is 2.50 bits per heavy atom. The minimum atomic E-state index is -1.39. The molecule has 1 aromatic heterocycles. The number of aromatic nitrogens is 1. The molecule has 0 bridgehead atoms. The number of nitrogens with zero attached hydrogens (tertiary/aromatic N) is 2. The molecule has 2 aliphatic rings. The number of amides is 1. The Morgan fingerprint density at radius 2 is 1.75 bits per heavy atom. The van der Waals surface area contributed by atoms with E-state index in [1.54, 1.807) is 12.1 Å². The van der Waals surface area contributed by atoms with Gasteiger partial charge >= 0.3 is 0 Å². The summed E-state index contributed by atoms with van der Waals surface area (Å²) in [6.07, 6.45) is 0.350. The van der Waals surface area contributed by atoms with E-state index in [-0.39, 0.29) is 43.4 Å². The third kappa shape index (κ3) is 5.97. The van der Waals surface area contributed by atoms with E-state index in [2.05, 4.69) is 5.32 Å². The van der Waals surface area contributed by atoms with Crippen LogP contribution in [0.15, 0.2) is 72.8 Å². The number of aliphatic hydroxyl groups excluding tert-OH is 1. The predicted molar refractivity (Wildman–Crippen MR) is 167 cm³/mol. The summed E-state index contributed by atoms with van der Waals surface area (Å²) >= 11 is 0. The summed E-state index contributed by atoms with van der Waals surface area (Å²) in [7, 11) is -1.39. The number of halogens is 1. The van der Waals surface area contributed by atoms with Crippen LogP contribution >= 0.6 is 0 Å². The molecular weight excluding hydrogens is 581 g/mol. The fraction of sp³-hybridized carbons (Fsp3) is 0.294. The largest absolute Gasteiger partial charge is 0.454 e. The fourth-order valence-corrected chi connectivity index (χ4v) is 7.05. The van der Waals surface area contributed by atoms with Crippen molar-refractivity contribution in [2.75, 3.05) is 13.4 Å². The van der Waals surface area contributed by atoms with Crippen molar-refractivity contribution in [1.29, 1.82) is 0 Å². The molecule has 2 aliphatic heterocycles. The maximum absolute atomic E-state index is 14.1. The Morgan fingerprint density at radius 1 is 1.02 bits per heavy atom. The van der Waals surface area contributed by atoms with Crippen molar-refractivity contribution in [3.63, 3.8) is 0 Å². The van der Waals surface area contributed by atoms with Crippen molar-refractivity contribution < 1.29 is 28.0 Å². The zero-order chi connectivity index (χ0) is 31.0. The first-order valence-electron chi connectivity index (χ1n) is 14.5. The van der Waals surface area contributed by atoms with Crippen molar-refractivity contribution in [3.05, 3.63) is 101 Å². The van der Waals surface area contributed by atoms with Gasteiger partial charge in [0, 0.05) is 30.8 Å². The van der Waals surface area contributed by atoms with Gasteiger partial charge in [0.05, 0.1) is 16.5 Å². The molecule has 0 fully saturated rings. The van der Waals surface area contributed by atoms with Crippen LogP contribution in [-0.2, 0) is 24.1 Å². The van der Waals surface area contributed by atoms with Gasteiger partial charge in [-0.3, -0.25) is 4.79 Å². The predicted octanol–water partition coefficient (Wildman–Crippen LogP) is 5.91. The van der Waals surface area contributed by atoms with E-state index in [1.807, 2.05) is 73.6 Å². The van der Waals surface area contributed by atoms with E-state index in [4.69, 9.17) is 14.5 Å². The van der Waals surface area contributed by atoms with Crippen LogP contribution in [-0.4, -0.2) is 42.7 Å². The first kappa shape index (κ1) is 29.9. The Bertz CT molecular complexity index is 1760. The molecule has 8 nitrogen and oxygen atoms in total. The van der Waals surface area contributed by atoms with Gasteiger partial charge in [-0.1, -0.05) is 36.4 Å². The highest BCUT2D eigenvalue weighted by molar-refractivity contribution is 7.84. The van der Waals surface area contributed by atoms with E-state index >= 15 is 0 Å².